The van der Waals surface area contributed by atoms with E-state index in [-0.39, 0.29) is 9.99 Å². The Morgan fingerprint density at radius 1 is 1.50 bits per heavy atom. The van der Waals surface area contributed by atoms with Gasteiger partial charge in [0.15, 0.2) is 0 Å². The van der Waals surface area contributed by atoms with Gasteiger partial charge in [0.2, 0.25) is 5.88 Å². The second-order valence-corrected chi connectivity index (χ2v) is 4.96. The number of hydrogen-bond acceptors (Lipinski definition) is 6. The Labute approximate surface area is 114 Å². The lowest BCUT2D eigenvalue weighted by atomic mass is 10.2. The van der Waals surface area contributed by atoms with Gasteiger partial charge in [0.05, 0.1) is 12.7 Å². The van der Waals surface area contributed by atoms with E-state index in [0.29, 0.717) is 0 Å². The van der Waals surface area contributed by atoms with Crippen molar-refractivity contribution in [3.05, 3.63) is 24.4 Å². The number of aromatic hydroxyl groups is 1. The fraction of sp³-hybridized carbons (Fsp3) is 0.556. The van der Waals surface area contributed by atoms with Crippen LogP contribution in [0, 0.1) is 3.57 Å². The number of aliphatic hydroxyl groups excluding tert-OH is 2. The Bertz CT molecular complexity index is 567. The summed E-state index contributed by atoms with van der Waals surface area (Å²) in [6.45, 7) is -0.395. The Morgan fingerprint density at radius 2 is 2.17 bits per heavy atom. The average molecular weight is 368 g/mol. The third-order valence-corrected chi connectivity index (χ3v) is 3.71. The van der Waals surface area contributed by atoms with E-state index in [1.54, 1.807) is 22.6 Å². The van der Waals surface area contributed by atoms with E-state index in [2.05, 4.69) is 0 Å². The van der Waals surface area contributed by atoms with E-state index in [1.807, 2.05) is 4.98 Å². The van der Waals surface area contributed by atoms with Gasteiger partial charge in [-0.1, -0.05) is 0 Å². The third kappa shape index (κ3) is 2.18. The maximum atomic E-state index is 11.6. The summed E-state index contributed by atoms with van der Waals surface area (Å²) in [6.07, 6.45) is -2.63. The Kier molecular flexibility index (Phi) is 3.75. The summed E-state index contributed by atoms with van der Waals surface area (Å²) in [7, 11) is 0. The predicted molar refractivity (Wildman–Crippen MR) is 67.3 cm³/mol. The van der Waals surface area contributed by atoms with Crippen molar-refractivity contribution in [2.75, 3.05) is 6.61 Å². The summed E-state index contributed by atoms with van der Waals surface area (Å²) in [6, 6.07) is 0. The van der Waals surface area contributed by atoms with Crippen LogP contribution in [0.4, 0.5) is 0 Å². The third-order valence-electron chi connectivity index (χ3n) is 2.74. The maximum Gasteiger partial charge on any atom is 0.333 e. The largest absolute Gasteiger partial charge is 0.493 e. The molecule has 1 fully saturated rings. The van der Waals surface area contributed by atoms with Crippen molar-refractivity contribution < 1.29 is 20.1 Å². The van der Waals surface area contributed by atoms with Crippen molar-refractivity contribution in [1.82, 2.24) is 9.55 Å². The van der Waals surface area contributed by atoms with Crippen LogP contribution in [0.2, 0.25) is 0 Å². The molecule has 0 amide bonds. The number of aliphatic hydroxyl groups is 2. The quantitative estimate of drug-likeness (QED) is 0.471. The molecular formula is C9H11IN2O6. The average Bonchev–Trinajstić information content (AvgIpc) is 2.67. The zero-order valence-corrected chi connectivity index (χ0v) is 11.2. The topological polar surface area (TPSA) is 125 Å². The van der Waals surface area contributed by atoms with Crippen molar-refractivity contribution in [2.24, 2.45) is 0 Å². The van der Waals surface area contributed by atoms with E-state index in [0.717, 1.165) is 4.57 Å². The molecule has 0 aromatic carbocycles. The number of halogens is 1. The molecule has 0 radical (unpaired) electrons. The molecule has 9 heteroatoms. The Hall–Kier alpha value is -0.910. The SMILES string of the molecule is O=c1[nH]c(=O)n([C@H]2C[C@H](O)[C@@H](CO)O2)c(O)c1[125I]. The van der Waals surface area contributed by atoms with Gasteiger partial charge in [-0.15, -0.1) is 0 Å². The van der Waals surface area contributed by atoms with Gasteiger partial charge in [-0.2, -0.15) is 0 Å². The number of nitrogens with one attached hydrogen (secondary N) is 1. The van der Waals surface area contributed by atoms with E-state index >= 15 is 0 Å². The highest BCUT2D eigenvalue weighted by atomic mass is 125. The monoisotopic (exact) mass is 368 g/mol. The van der Waals surface area contributed by atoms with Gasteiger partial charge >= 0.3 is 5.69 Å². The fourth-order valence-electron chi connectivity index (χ4n) is 1.82. The lowest BCUT2D eigenvalue weighted by Gasteiger charge is -2.16. The molecule has 0 unspecified atom stereocenters. The highest BCUT2D eigenvalue weighted by Gasteiger charge is 2.36. The number of aromatic nitrogens is 2. The summed E-state index contributed by atoms with van der Waals surface area (Å²) in [5.41, 5.74) is -1.51. The molecule has 18 heavy (non-hydrogen) atoms. The summed E-state index contributed by atoms with van der Waals surface area (Å²) < 4.78 is 6.05. The first-order chi connectivity index (χ1) is 8.45. The zero-order valence-electron chi connectivity index (χ0n) is 9.04. The number of rotatable bonds is 2. The molecule has 1 aliphatic rings. The van der Waals surface area contributed by atoms with Crippen molar-refractivity contribution in [3.63, 3.8) is 0 Å². The molecule has 4 N–H and O–H groups in total. The molecule has 2 heterocycles. The van der Waals surface area contributed by atoms with Crippen molar-refractivity contribution >= 4 is 22.6 Å². The molecule has 0 spiro atoms. The highest BCUT2D eigenvalue weighted by Crippen LogP contribution is 2.30. The second-order valence-electron chi connectivity index (χ2n) is 3.88. The van der Waals surface area contributed by atoms with Gasteiger partial charge in [-0.3, -0.25) is 9.78 Å². The minimum Gasteiger partial charge on any atom is -0.493 e. The van der Waals surface area contributed by atoms with E-state index in [1.165, 1.54) is 0 Å². The van der Waals surface area contributed by atoms with E-state index in [9.17, 15) is 19.8 Å². The van der Waals surface area contributed by atoms with Crippen LogP contribution in [-0.2, 0) is 4.74 Å². The maximum absolute atomic E-state index is 11.6. The first-order valence-electron chi connectivity index (χ1n) is 5.13. The van der Waals surface area contributed by atoms with Crippen molar-refractivity contribution in [2.45, 2.75) is 24.9 Å². The number of ether oxygens (including phenoxy) is 1. The van der Waals surface area contributed by atoms with Gasteiger partial charge in [-0.05, 0) is 22.6 Å². The van der Waals surface area contributed by atoms with Gasteiger partial charge in [0.1, 0.15) is 15.9 Å². The lowest BCUT2D eigenvalue weighted by molar-refractivity contribution is -0.0480. The molecule has 8 nitrogen and oxygen atoms in total. The van der Waals surface area contributed by atoms with Crippen LogP contribution >= 0.6 is 22.6 Å². The summed E-state index contributed by atoms with van der Waals surface area (Å²) in [4.78, 5) is 24.9. The van der Waals surface area contributed by atoms with Crippen molar-refractivity contribution in [1.29, 1.82) is 0 Å². The van der Waals surface area contributed by atoms with Gasteiger partial charge in [0, 0.05) is 6.42 Å². The van der Waals surface area contributed by atoms with Crippen LogP contribution in [0.1, 0.15) is 12.6 Å². The predicted octanol–water partition coefficient (Wildman–Crippen LogP) is -1.51. The molecule has 1 aromatic heterocycles. The van der Waals surface area contributed by atoms with Crippen LogP contribution in [0.3, 0.4) is 0 Å². The molecule has 2 rings (SSSR count). The summed E-state index contributed by atoms with van der Waals surface area (Å²) >= 11 is 1.60. The molecule has 1 aliphatic heterocycles. The van der Waals surface area contributed by atoms with Crippen LogP contribution in [0.15, 0.2) is 9.59 Å². The lowest BCUT2D eigenvalue weighted by Crippen LogP contribution is -2.34. The Balaban J connectivity index is 2.45. The number of hydrogen-bond donors (Lipinski definition) is 4. The molecule has 0 saturated carbocycles. The van der Waals surface area contributed by atoms with Crippen molar-refractivity contribution in [3.8, 4) is 5.88 Å². The van der Waals surface area contributed by atoms with E-state index < -0.39 is 42.2 Å². The van der Waals surface area contributed by atoms with E-state index in [4.69, 9.17) is 9.84 Å². The molecule has 0 bridgehead atoms. The summed E-state index contributed by atoms with van der Waals surface area (Å²) in [5, 5.41) is 28.3. The fourth-order valence-corrected chi connectivity index (χ4v) is 2.21. The molecule has 1 aromatic rings. The molecule has 3 atom stereocenters. The normalized spacial score (nSPS) is 27.6. The summed E-state index contributed by atoms with van der Waals surface area (Å²) in [5.74, 6) is -0.514. The van der Waals surface area contributed by atoms with Crippen LogP contribution in [0.25, 0.3) is 0 Å². The highest BCUT2D eigenvalue weighted by molar-refractivity contribution is 14.1. The smallest absolute Gasteiger partial charge is 0.333 e. The first kappa shape index (κ1) is 13.5. The first-order valence-corrected chi connectivity index (χ1v) is 6.21. The van der Waals surface area contributed by atoms with Crippen LogP contribution in [-0.4, -0.2) is 43.7 Å². The minimum absolute atomic E-state index is 0.0425. The Morgan fingerprint density at radius 3 is 2.72 bits per heavy atom. The number of nitrogens with zero attached hydrogens (tertiary/aromatic N) is 1. The molecule has 0 aliphatic carbocycles. The molecular weight excluding hydrogens is 357 g/mol. The second kappa shape index (κ2) is 4.99. The molecule has 100 valence electrons. The van der Waals surface area contributed by atoms with Crippen LogP contribution in [0.5, 0.6) is 5.88 Å². The van der Waals surface area contributed by atoms with Crippen LogP contribution < -0.4 is 11.2 Å². The minimum atomic E-state index is -0.934. The number of H-pyrrole nitrogens is 1. The molecule has 1 saturated heterocycles. The van der Waals surface area contributed by atoms with Gasteiger partial charge < -0.3 is 20.1 Å². The zero-order chi connectivity index (χ0) is 13.4. The standard InChI is InChI=1S/C9H11IN2O6/c10-6-7(15)11-9(17)12(8(6)16)5-1-3(14)4(2-13)18-5/h3-5,13-14,16H,1-2H2,(H,11,15,17)/t3-,4+,5+/m0/s1/i10-2. The van der Waals surface area contributed by atoms with Gasteiger partial charge in [-0.25, -0.2) is 9.36 Å². The number of aromatic amines is 1. The van der Waals surface area contributed by atoms with Gasteiger partial charge in [0.25, 0.3) is 5.56 Å².